The second-order valence-corrected chi connectivity index (χ2v) is 4.78. The Balaban J connectivity index is 2.03. The van der Waals surface area contributed by atoms with Crippen molar-refractivity contribution in [2.45, 2.75) is 26.0 Å². The number of β-amino-alcohol motifs (C(OH)–C–C–N with tert-alkyl or cyclic N) is 1. The maximum Gasteiger partial charge on any atom is 0.325 e. The lowest BCUT2D eigenvalue weighted by Gasteiger charge is -2.33. The zero-order valence-electron chi connectivity index (χ0n) is 10.6. The number of nitrogens with zero attached hydrogens (tertiary/aromatic N) is 4. The third kappa shape index (κ3) is 3.08. The summed E-state index contributed by atoms with van der Waals surface area (Å²) in [6, 6.07) is 0. The van der Waals surface area contributed by atoms with Crippen molar-refractivity contribution in [1.29, 1.82) is 0 Å². The molecule has 1 amide bonds. The van der Waals surface area contributed by atoms with Gasteiger partial charge in [-0.25, -0.2) is 4.68 Å². The van der Waals surface area contributed by atoms with E-state index < -0.39 is 12.1 Å². The lowest BCUT2D eigenvalue weighted by atomic mass is 9.96. The van der Waals surface area contributed by atoms with E-state index >= 15 is 0 Å². The van der Waals surface area contributed by atoms with Crippen LogP contribution in [0.2, 0.25) is 0 Å². The van der Waals surface area contributed by atoms with E-state index in [1.54, 1.807) is 0 Å². The number of rotatable bonds is 3. The van der Waals surface area contributed by atoms with Crippen LogP contribution >= 0.6 is 0 Å². The van der Waals surface area contributed by atoms with Crippen LogP contribution in [0, 0.1) is 5.92 Å². The maximum atomic E-state index is 12.1. The van der Waals surface area contributed by atoms with Crippen LogP contribution in [0.15, 0.2) is 6.20 Å². The predicted octanol–water partition coefficient (Wildman–Crippen LogP) is -0.794. The molecule has 2 N–H and O–H groups in total. The Hall–Kier alpha value is -1.96. The molecule has 2 atom stereocenters. The van der Waals surface area contributed by atoms with Gasteiger partial charge >= 0.3 is 5.97 Å². The van der Waals surface area contributed by atoms with Gasteiger partial charge in [0.15, 0.2) is 5.69 Å². The Morgan fingerprint density at radius 2 is 2.26 bits per heavy atom. The molecule has 1 aliphatic heterocycles. The minimum atomic E-state index is -1.05. The molecule has 1 saturated heterocycles. The highest BCUT2D eigenvalue weighted by molar-refractivity contribution is 5.92. The molecule has 1 aromatic heterocycles. The monoisotopic (exact) mass is 268 g/mol. The average Bonchev–Trinajstić information content (AvgIpc) is 2.79. The number of aliphatic hydroxyl groups is 1. The topological polar surface area (TPSA) is 109 Å². The fourth-order valence-corrected chi connectivity index (χ4v) is 2.01. The quantitative estimate of drug-likeness (QED) is 0.743. The minimum Gasteiger partial charge on any atom is -0.480 e. The van der Waals surface area contributed by atoms with Crippen molar-refractivity contribution in [3.05, 3.63) is 11.9 Å². The molecule has 1 fully saturated rings. The molecular formula is C11H16N4O4. The van der Waals surface area contributed by atoms with Gasteiger partial charge in [0.2, 0.25) is 0 Å². The third-order valence-electron chi connectivity index (χ3n) is 3.26. The number of likely N-dealkylation sites (tertiary alicyclic amines) is 1. The zero-order valence-corrected chi connectivity index (χ0v) is 10.6. The van der Waals surface area contributed by atoms with Crippen LogP contribution in [0.25, 0.3) is 0 Å². The lowest BCUT2D eigenvalue weighted by molar-refractivity contribution is -0.137. The Kier molecular flexibility index (Phi) is 3.79. The van der Waals surface area contributed by atoms with Gasteiger partial charge in [0.1, 0.15) is 6.54 Å². The molecule has 1 aliphatic rings. The second-order valence-electron chi connectivity index (χ2n) is 4.78. The van der Waals surface area contributed by atoms with Gasteiger partial charge in [0.05, 0.1) is 12.3 Å². The number of hydrogen-bond donors (Lipinski definition) is 2. The van der Waals surface area contributed by atoms with Crippen molar-refractivity contribution in [1.82, 2.24) is 19.9 Å². The summed E-state index contributed by atoms with van der Waals surface area (Å²) in [4.78, 5) is 24.1. The van der Waals surface area contributed by atoms with Gasteiger partial charge in [-0.15, -0.1) is 5.10 Å². The molecule has 104 valence electrons. The highest BCUT2D eigenvalue weighted by atomic mass is 16.4. The largest absolute Gasteiger partial charge is 0.480 e. The van der Waals surface area contributed by atoms with E-state index in [2.05, 4.69) is 10.3 Å². The number of aromatic nitrogens is 3. The number of amides is 1. The van der Waals surface area contributed by atoms with Crippen LogP contribution in [-0.4, -0.2) is 61.2 Å². The summed E-state index contributed by atoms with van der Waals surface area (Å²) < 4.78 is 1.10. The van der Waals surface area contributed by atoms with Gasteiger partial charge in [0, 0.05) is 13.1 Å². The number of carboxylic acids is 1. The molecule has 0 bridgehead atoms. The van der Waals surface area contributed by atoms with Crippen molar-refractivity contribution < 1.29 is 19.8 Å². The molecule has 8 heteroatoms. The van der Waals surface area contributed by atoms with Gasteiger partial charge in [-0.2, -0.15) is 0 Å². The summed E-state index contributed by atoms with van der Waals surface area (Å²) in [5, 5.41) is 25.6. The number of aliphatic hydroxyl groups excluding tert-OH is 1. The van der Waals surface area contributed by atoms with E-state index in [4.69, 9.17) is 5.11 Å². The fraction of sp³-hybridized carbons (Fsp3) is 0.636. The van der Waals surface area contributed by atoms with E-state index in [-0.39, 0.29) is 30.6 Å². The molecule has 2 rings (SSSR count). The Morgan fingerprint density at radius 1 is 1.53 bits per heavy atom. The van der Waals surface area contributed by atoms with Crippen molar-refractivity contribution in [3.63, 3.8) is 0 Å². The number of carbonyl (C=O) groups excluding carboxylic acids is 1. The first kappa shape index (κ1) is 13.5. The summed E-state index contributed by atoms with van der Waals surface area (Å²) in [5.41, 5.74) is 0.100. The molecule has 1 aromatic rings. The smallest absolute Gasteiger partial charge is 0.325 e. The summed E-state index contributed by atoms with van der Waals surface area (Å²) in [5.74, 6) is -1.21. The van der Waals surface area contributed by atoms with E-state index in [1.807, 2.05) is 6.92 Å². The molecule has 0 aromatic carbocycles. The normalized spacial score (nSPS) is 23.4. The second kappa shape index (κ2) is 5.35. The minimum absolute atomic E-state index is 0.100. The first-order chi connectivity index (χ1) is 8.97. The molecule has 2 unspecified atom stereocenters. The number of carbonyl (C=O) groups is 2. The van der Waals surface area contributed by atoms with E-state index in [0.717, 1.165) is 11.1 Å². The average molecular weight is 268 g/mol. The van der Waals surface area contributed by atoms with Gasteiger partial charge in [-0.05, 0) is 12.3 Å². The fourth-order valence-electron chi connectivity index (χ4n) is 2.01. The Bertz CT molecular complexity index is 487. The van der Waals surface area contributed by atoms with Crippen LogP contribution in [0.4, 0.5) is 0 Å². The van der Waals surface area contributed by atoms with Crippen LogP contribution in [0.1, 0.15) is 23.8 Å². The Morgan fingerprint density at radius 3 is 2.89 bits per heavy atom. The maximum absolute atomic E-state index is 12.1. The molecular weight excluding hydrogens is 252 g/mol. The summed E-state index contributed by atoms with van der Waals surface area (Å²) in [6.07, 6.45) is 1.50. The first-order valence-corrected chi connectivity index (χ1v) is 6.06. The highest BCUT2D eigenvalue weighted by Gasteiger charge is 2.29. The molecule has 0 spiro atoms. The summed E-state index contributed by atoms with van der Waals surface area (Å²) in [7, 11) is 0. The van der Waals surface area contributed by atoms with Gasteiger partial charge in [0.25, 0.3) is 5.91 Å². The number of carboxylic acid groups (broad SMARTS) is 1. The number of piperidine rings is 1. The predicted molar refractivity (Wildman–Crippen MR) is 63.3 cm³/mol. The lowest BCUT2D eigenvalue weighted by Crippen LogP contribution is -2.45. The molecule has 0 radical (unpaired) electrons. The van der Waals surface area contributed by atoms with Crippen molar-refractivity contribution in [2.24, 2.45) is 5.92 Å². The summed E-state index contributed by atoms with van der Waals surface area (Å²) in [6.45, 7) is 2.43. The molecule has 0 saturated carbocycles. The van der Waals surface area contributed by atoms with E-state index in [1.165, 1.54) is 11.1 Å². The van der Waals surface area contributed by atoms with Crippen LogP contribution in [0.3, 0.4) is 0 Å². The van der Waals surface area contributed by atoms with Crippen molar-refractivity contribution >= 4 is 11.9 Å². The van der Waals surface area contributed by atoms with E-state index in [0.29, 0.717) is 6.54 Å². The molecule has 0 aliphatic carbocycles. The SMILES string of the molecule is CC1CCN(C(=O)c2cn(CC(=O)O)nn2)CC1O. The molecule has 19 heavy (non-hydrogen) atoms. The third-order valence-corrected chi connectivity index (χ3v) is 3.26. The first-order valence-electron chi connectivity index (χ1n) is 6.06. The standard InChI is InChI=1S/C11H16N4O4/c1-7-2-3-14(5-9(7)16)11(19)8-4-15(13-12-8)6-10(17)18/h4,7,9,16H,2-3,5-6H2,1H3,(H,17,18). The van der Waals surface area contributed by atoms with Gasteiger partial charge in [-0.3, -0.25) is 9.59 Å². The van der Waals surface area contributed by atoms with Crippen LogP contribution < -0.4 is 0 Å². The van der Waals surface area contributed by atoms with Crippen LogP contribution in [0.5, 0.6) is 0 Å². The van der Waals surface area contributed by atoms with Gasteiger partial charge < -0.3 is 15.1 Å². The van der Waals surface area contributed by atoms with Gasteiger partial charge in [-0.1, -0.05) is 12.1 Å². The Labute approximate surface area is 109 Å². The summed E-state index contributed by atoms with van der Waals surface area (Å²) >= 11 is 0. The number of hydrogen-bond acceptors (Lipinski definition) is 5. The zero-order chi connectivity index (χ0) is 14.0. The van der Waals surface area contributed by atoms with Crippen molar-refractivity contribution in [2.75, 3.05) is 13.1 Å². The van der Waals surface area contributed by atoms with Crippen LogP contribution in [-0.2, 0) is 11.3 Å². The van der Waals surface area contributed by atoms with Crippen molar-refractivity contribution in [3.8, 4) is 0 Å². The van der Waals surface area contributed by atoms with E-state index in [9.17, 15) is 14.7 Å². The number of aliphatic carboxylic acids is 1. The highest BCUT2D eigenvalue weighted by Crippen LogP contribution is 2.18. The molecule has 8 nitrogen and oxygen atoms in total. The molecule has 2 heterocycles.